The number of carboxylic acids is 1. The number of hydrogen-bond acceptors (Lipinski definition) is 6. The number of nitrogens with zero attached hydrogens (tertiary/aromatic N) is 1. The first-order chi connectivity index (χ1) is 17.1. The van der Waals surface area contributed by atoms with Gasteiger partial charge in [-0.3, -0.25) is 19.4 Å². The molecule has 0 aliphatic carbocycles. The van der Waals surface area contributed by atoms with Crippen molar-refractivity contribution in [3.8, 4) is 5.75 Å². The van der Waals surface area contributed by atoms with Crippen molar-refractivity contribution < 1.29 is 24.2 Å². The minimum Gasteiger partial charge on any atom is -0.497 e. The van der Waals surface area contributed by atoms with Crippen LogP contribution in [-0.2, 0) is 34.0 Å². The number of carbonyl (C=O) groups excluding carboxylic acids is 2. The van der Waals surface area contributed by atoms with Crippen molar-refractivity contribution in [2.75, 3.05) is 13.7 Å². The summed E-state index contributed by atoms with van der Waals surface area (Å²) in [5, 5.41) is 12.5. The monoisotopic (exact) mass is 516 g/mol. The second kappa shape index (κ2) is 14.2. The molecule has 0 bridgehead atoms. The molecule has 1 heterocycles. The molecule has 0 unspecified atom stereocenters. The molecule has 0 atom stereocenters. The van der Waals surface area contributed by atoms with Gasteiger partial charge in [0.25, 0.3) is 11.9 Å². The SMILES string of the molecule is CC(=O)O.COc1cccc(CNN2CCC(C)=C(CC(=O)NCc3cc(Cl)ccc3CN)C2=O)c1. The summed E-state index contributed by atoms with van der Waals surface area (Å²) < 4.78 is 5.24. The number of aliphatic carboxylic acids is 1. The lowest BCUT2D eigenvalue weighted by atomic mass is 9.98. The number of nitrogens with one attached hydrogen (secondary N) is 2. The van der Waals surface area contributed by atoms with Gasteiger partial charge in [0.15, 0.2) is 0 Å². The van der Waals surface area contributed by atoms with E-state index in [-0.39, 0.29) is 18.2 Å². The summed E-state index contributed by atoms with van der Waals surface area (Å²) in [5.41, 5.74) is 13.2. The Kier molecular flexibility index (Phi) is 11.4. The molecule has 5 N–H and O–H groups in total. The number of hydrazine groups is 1. The maximum absolute atomic E-state index is 13.0. The largest absolute Gasteiger partial charge is 0.497 e. The molecule has 1 aliphatic heterocycles. The zero-order valence-electron chi connectivity index (χ0n) is 20.8. The quantitative estimate of drug-likeness (QED) is 0.402. The summed E-state index contributed by atoms with van der Waals surface area (Å²) in [6.45, 7) is 4.70. The summed E-state index contributed by atoms with van der Waals surface area (Å²) in [6.07, 6.45) is 0.742. The Hall–Kier alpha value is -3.40. The average molecular weight is 517 g/mol. The minimum atomic E-state index is -0.833. The third kappa shape index (κ3) is 8.99. The molecule has 1 aliphatic rings. The van der Waals surface area contributed by atoms with Gasteiger partial charge < -0.3 is 20.9 Å². The van der Waals surface area contributed by atoms with Gasteiger partial charge in [0, 0.05) is 43.7 Å². The predicted octanol–water partition coefficient (Wildman–Crippen LogP) is 3.16. The van der Waals surface area contributed by atoms with Crippen LogP contribution >= 0.6 is 11.6 Å². The molecule has 2 aromatic rings. The van der Waals surface area contributed by atoms with Crippen molar-refractivity contribution in [1.82, 2.24) is 15.8 Å². The summed E-state index contributed by atoms with van der Waals surface area (Å²) >= 11 is 6.06. The van der Waals surface area contributed by atoms with E-state index in [2.05, 4.69) is 10.7 Å². The molecular formula is C26H33ClN4O5. The molecule has 3 rings (SSSR count). The molecule has 36 heavy (non-hydrogen) atoms. The highest BCUT2D eigenvalue weighted by molar-refractivity contribution is 6.30. The fourth-order valence-corrected chi connectivity index (χ4v) is 3.79. The minimum absolute atomic E-state index is 0.0283. The third-order valence-electron chi connectivity index (χ3n) is 5.54. The van der Waals surface area contributed by atoms with Crippen molar-refractivity contribution in [3.05, 3.63) is 75.3 Å². The summed E-state index contributed by atoms with van der Waals surface area (Å²) in [4.78, 5) is 34.6. The molecule has 0 aromatic heterocycles. The number of methoxy groups -OCH3 is 1. The van der Waals surface area contributed by atoms with E-state index in [0.717, 1.165) is 34.9 Å². The van der Waals surface area contributed by atoms with Crippen LogP contribution in [0.15, 0.2) is 53.6 Å². The zero-order valence-corrected chi connectivity index (χ0v) is 21.5. The molecule has 0 saturated heterocycles. The van der Waals surface area contributed by atoms with Gasteiger partial charge in [-0.15, -0.1) is 0 Å². The number of carboxylic acid groups (broad SMARTS) is 1. The number of carbonyl (C=O) groups is 3. The van der Waals surface area contributed by atoms with Crippen LogP contribution in [-0.4, -0.2) is 41.6 Å². The number of amides is 2. The van der Waals surface area contributed by atoms with E-state index in [0.29, 0.717) is 43.2 Å². The van der Waals surface area contributed by atoms with E-state index in [1.165, 1.54) is 0 Å². The second-order valence-electron chi connectivity index (χ2n) is 8.24. The summed E-state index contributed by atoms with van der Waals surface area (Å²) in [5.74, 6) is -0.456. The molecule has 2 aromatic carbocycles. The fraction of sp³-hybridized carbons (Fsp3) is 0.346. The van der Waals surface area contributed by atoms with Crippen LogP contribution in [0.25, 0.3) is 0 Å². The van der Waals surface area contributed by atoms with Crippen LogP contribution in [0.4, 0.5) is 0 Å². The van der Waals surface area contributed by atoms with Gasteiger partial charge in [0.2, 0.25) is 5.91 Å². The van der Waals surface area contributed by atoms with Crippen LogP contribution in [0.3, 0.4) is 0 Å². The van der Waals surface area contributed by atoms with Crippen molar-refractivity contribution in [3.63, 3.8) is 0 Å². The van der Waals surface area contributed by atoms with E-state index < -0.39 is 5.97 Å². The summed E-state index contributed by atoms with van der Waals surface area (Å²) in [7, 11) is 1.62. The highest BCUT2D eigenvalue weighted by Crippen LogP contribution is 2.22. The summed E-state index contributed by atoms with van der Waals surface area (Å²) in [6, 6.07) is 13.1. The molecule has 0 radical (unpaired) electrons. The topological polar surface area (TPSA) is 134 Å². The van der Waals surface area contributed by atoms with Crippen LogP contribution < -0.4 is 21.2 Å². The molecule has 0 saturated carbocycles. The van der Waals surface area contributed by atoms with E-state index in [1.807, 2.05) is 37.3 Å². The molecule has 10 heteroatoms. The average Bonchev–Trinajstić information content (AvgIpc) is 2.84. The maximum Gasteiger partial charge on any atom is 0.300 e. The lowest BCUT2D eigenvalue weighted by Crippen LogP contribution is -2.46. The fourth-order valence-electron chi connectivity index (χ4n) is 3.60. The van der Waals surface area contributed by atoms with Gasteiger partial charge in [0.05, 0.1) is 13.5 Å². The number of nitrogens with two attached hydrogens (primary N) is 1. The van der Waals surface area contributed by atoms with Crippen molar-refractivity contribution >= 4 is 29.4 Å². The first-order valence-electron chi connectivity index (χ1n) is 11.4. The lowest BCUT2D eigenvalue weighted by Gasteiger charge is -2.30. The lowest BCUT2D eigenvalue weighted by molar-refractivity contribution is -0.134. The first-order valence-corrected chi connectivity index (χ1v) is 11.8. The van der Waals surface area contributed by atoms with E-state index >= 15 is 0 Å². The highest BCUT2D eigenvalue weighted by Gasteiger charge is 2.26. The number of halogens is 1. The number of hydrogen-bond donors (Lipinski definition) is 4. The van der Waals surface area contributed by atoms with Gasteiger partial charge in [-0.1, -0.05) is 35.4 Å². The van der Waals surface area contributed by atoms with E-state index in [9.17, 15) is 9.59 Å². The van der Waals surface area contributed by atoms with Crippen molar-refractivity contribution in [2.24, 2.45) is 5.73 Å². The number of benzene rings is 2. The van der Waals surface area contributed by atoms with Gasteiger partial charge >= 0.3 is 0 Å². The highest BCUT2D eigenvalue weighted by atomic mass is 35.5. The van der Waals surface area contributed by atoms with Gasteiger partial charge in [-0.2, -0.15) is 0 Å². The Balaban J connectivity index is 0.00000106. The van der Waals surface area contributed by atoms with Crippen LogP contribution in [0.5, 0.6) is 5.75 Å². The van der Waals surface area contributed by atoms with Crippen LogP contribution in [0.1, 0.15) is 43.4 Å². The van der Waals surface area contributed by atoms with Crippen LogP contribution in [0, 0.1) is 0 Å². The Morgan fingerprint density at radius 1 is 1.17 bits per heavy atom. The Labute approximate surface area is 216 Å². The van der Waals surface area contributed by atoms with Gasteiger partial charge in [-0.05, 0) is 54.3 Å². The number of rotatable bonds is 9. The maximum atomic E-state index is 13.0. The normalized spacial score (nSPS) is 13.1. The van der Waals surface area contributed by atoms with Gasteiger partial charge in [0.1, 0.15) is 5.75 Å². The van der Waals surface area contributed by atoms with Crippen molar-refractivity contribution in [2.45, 2.75) is 46.3 Å². The van der Waals surface area contributed by atoms with E-state index in [4.69, 9.17) is 32.0 Å². The first kappa shape index (κ1) is 28.8. The second-order valence-corrected chi connectivity index (χ2v) is 8.68. The standard InChI is InChI=1S/C24H29ClN4O3.C2H4O2/c1-16-8-9-29(28-14-17-4-3-5-21(10-17)32-2)24(31)22(16)12-23(30)27-15-19-11-20(25)7-6-18(19)13-26;1-2(3)4/h3-7,10-11,28H,8-9,12-15,26H2,1-2H3,(H,27,30);1H3,(H,3,4). The molecular weight excluding hydrogens is 484 g/mol. The molecule has 0 spiro atoms. The Morgan fingerprint density at radius 2 is 1.89 bits per heavy atom. The van der Waals surface area contributed by atoms with Crippen molar-refractivity contribution in [1.29, 1.82) is 0 Å². The Bertz CT molecular complexity index is 1120. The molecule has 2 amide bonds. The smallest absolute Gasteiger partial charge is 0.300 e. The molecule has 194 valence electrons. The van der Waals surface area contributed by atoms with Gasteiger partial charge in [-0.25, -0.2) is 5.43 Å². The molecule has 9 nitrogen and oxygen atoms in total. The number of ether oxygens (including phenoxy) is 1. The van der Waals surface area contributed by atoms with Crippen LogP contribution in [0.2, 0.25) is 5.02 Å². The third-order valence-corrected chi connectivity index (χ3v) is 5.77. The van der Waals surface area contributed by atoms with E-state index in [1.54, 1.807) is 24.3 Å². The Morgan fingerprint density at radius 3 is 2.56 bits per heavy atom. The zero-order chi connectivity index (χ0) is 26.7. The molecule has 0 fully saturated rings. The predicted molar refractivity (Wildman–Crippen MR) is 138 cm³/mol.